The summed E-state index contributed by atoms with van der Waals surface area (Å²) in [7, 11) is 0. The molecule has 0 atom stereocenters. The molecule has 2 N–H and O–H groups in total. The minimum atomic E-state index is -4.47. The number of anilines is 1. The molecule has 1 amide bonds. The average molecular weight is 468 g/mol. The van der Waals surface area contributed by atoms with E-state index in [2.05, 4.69) is 9.97 Å². The molecule has 4 aromatic rings. The summed E-state index contributed by atoms with van der Waals surface area (Å²) in [5.41, 5.74) is 7.27. The predicted octanol–water partition coefficient (Wildman–Crippen LogP) is 5.52. The molecule has 0 spiro atoms. The molecule has 9 heteroatoms. The van der Waals surface area contributed by atoms with Crippen LogP contribution in [0.2, 0.25) is 0 Å². The van der Waals surface area contributed by atoms with Crippen LogP contribution in [0.5, 0.6) is 0 Å². The number of benzene rings is 2. The van der Waals surface area contributed by atoms with Gasteiger partial charge in [0.1, 0.15) is 11.6 Å². The van der Waals surface area contributed by atoms with Crippen molar-refractivity contribution in [3.05, 3.63) is 101 Å². The van der Waals surface area contributed by atoms with Crippen molar-refractivity contribution in [3.63, 3.8) is 0 Å². The SMILES string of the molecule is Cc1cc2cc(C(=O)N(Cc3ccc(C(F)(F)F)cc3)Cc3ncccc3F)ccc2nc1N. The molecule has 0 aliphatic heterocycles. The Hall–Kier alpha value is -4.01. The van der Waals surface area contributed by atoms with Crippen LogP contribution in [-0.2, 0) is 19.3 Å². The van der Waals surface area contributed by atoms with Crippen LogP contribution in [0.3, 0.4) is 0 Å². The molecule has 34 heavy (non-hydrogen) atoms. The van der Waals surface area contributed by atoms with E-state index in [4.69, 9.17) is 5.73 Å². The maximum absolute atomic E-state index is 14.3. The second-order valence-electron chi connectivity index (χ2n) is 7.89. The summed E-state index contributed by atoms with van der Waals surface area (Å²) >= 11 is 0. The second-order valence-corrected chi connectivity index (χ2v) is 7.89. The highest BCUT2D eigenvalue weighted by atomic mass is 19.4. The van der Waals surface area contributed by atoms with Gasteiger partial charge in [-0.1, -0.05) is 12.1 Å². The number of hydrogen-bond donors (Lipinski definition) is 1. The molecule has 5 nitrogen and oxygen atoms in total. The molecule has 0 aliphatic rings. The topological polar surface area (TPSA) is 72.1 Å². The van der Waals surface area contributed by atoms with Crippen molar-refractivity contribution in [1.82, 2.24) is 14.9 Å². The average Bonchev–Trinajstić information content (AvgIpc) is 2.80. The number of carbonyl (C=O) groups excluding carboxylic acids is 1. The minimum absolute atomic E-state index is 0.0377. The monoisotopic (exact) mass is 468 g/mol. The fraction of sp³-hybridized carbons (Fsp3) is 0.160. The van der Waals surface area contributed by atoms with Gasteiger partial charge in [0, 0.05) is 23.7 Å². The highest BCUT2D eigenvalue weighted by Gasteiger charge is 2.30. The van der Waals surface area contributed by atoms with Gasteiger partial charge in [0.2, 0.25) is 0 Å². The first-order valence-corrected chi connectivity index (χ1v) is 10.3. The summed E-state index contributed by atoms with van der Waals surface area (Å²) in [6.07, 6.45) is -3.06. The van der Waals surface area contributed by atoms with Crippen molar-refractivity contribution < 1.29 is 22.4 Å². The van der Waals surface area contributed by atoms with Crippen LogP contribution >= 0.6 is 0 Å². The Labute approximate surface area is 192 Å². The molecule has 0 fully saturated rings. The smallest absolute Gasteiger partial charge is 0.383 e. The van der Waals surface area contributed by atoms with Crippen molar-refractivity contribution in [2.75, 3.05) is 5.73 Å². The summed E-state index contributed by atoms with van der Waals surface area (Å²) in [4.78, 5) is 23.1. The van der Waals surface area contributed by atoms with Crippen LogP contribution in [-0.4, -0.2) is 20.8 Å². The molecule has 4 rings (SSSR count). The Bertz CT molecular complexity index is 1350. The van der Waals surface area contributed by atoms with Gasteiger partial charge in [-0.15, -0.1) is 0 Å². The number of halogens is 4. The van der Waals surface area contributed by atoms with Crippen LogP contribution in [0.15, 0.2) is 66.9 Å². The lowest BCUT2D eigenvalue weighted by Gasteiger charge is -2.23. The molecule has 0 aliphatic carbocycles. The third-order valence-corrected chi connectivity index (χ3v) is 5.41. The lowest BCUT2D eigenvalue weighted by atomic mass is 10.1. The van der Waals surface area contributed by atoms with E-state index in [0.717, 1.165) is 17.7 Å². The first-order chi connectivity index (χ1) is 16.1. The Morgan fingerprint density at radius 1 is 1.03 bits per heavy atom. The molecule has 174 valence electrons. The largest absolute Gasteiger partial charge is 0.416 e. The van der Waals surface area contributed by atoms with Crippen LogP contribution < -0.4 is 5.73 Å². The highest BCUT2D eigenvalue weighted by molar-refractivity contribution is 5.98. The molecule has 0 bridgehead atoms. The number of nitrogen functional groups attached to an aromatic ring is 1. The van der Waals surface area contributed by atoms with Crippen molar-refractivity contribution in [3.8, 4) is 0 Å². The Morgan fingerprint density at radius 2 is 1.76 bits per heavy atom. The van der Waals surface area contributed by atoms with Gasteiger partial charge < -0.3 is 10.6 Å². The Morgan fingerprint density at radius 3 is 2.44 bits per heavy atom. The molecular formula is C25H20F4N4O. The molecule has 0 saturated heterocycles. The standard InChI is InChI=1S/C25H20F4N4O/c1-15-11-18-12-17(6-9-21(18)32-23(15)30)24(34)33(14-22-20(26)3-2-10-31-22)13-16-4-7-19(8-5-16)25(27,28)29/h2-12H,13-14H2,1H3,(H2,30,32). The van der Waals surface area contributed by atoms with Crippen molar-refractivity contribution >= 4 is 22.6 Å². The quantitative estimate of drug-likeness (QED) is 0.392. The van der Waals surface area contributed by atoms with E-state index in [9.17, 15) is 22.4 Å². The number of nitrogens with zero attached hydrogens (tertiary/aromatic N) is 3. The van der Waals surface area contributed by atoms with E-state index < -0.39 is 23.5 Å². The predicted molar refractivity (Wildman–Crippen MR) is 120 cm³/mol. The number of hydrogen-bond acceptors (Lipinski definition) is 4. The van der Waals surface area contributed by atoms with Crippen LogP contribution in [0.4, 0.5) is 23.4 Å². The Balaban J connectivity index is 1.68. The fourth-order valence-corrected chi connectivity index (χ4v) is 3.55. The van der Waals surface area contributed by atoms with E-state index in [0.29, 0.717) is 27.8 Å². The third-order valence-electron chi connectivity index (χ3n) is 5.41. The lowest BCUT2D eigenvalue weighted by Crippen LogP contribution is -2.31. The maximum atomic E-state index is 14.3. The van der Waals surface area contributed by atoms with Gasteiger partial charge in [-0.25, -0.2) is 9.37 Å². The number of fused-ring (bicyclic) bond motifs is 1. The summed E-state index contributed by atoms with van der Waals surface area (Å²) in [6, 6.07) is 13.9. The molecule has 0 saturated carbocycles. The van der Waals surface area contributed by atoms with Gasteiger partial charge in [-0.05, 0) is 66.6 Å². The van der Waals surface area contributed by atoms with Crippen molar-refractivity contribution in [2.24, 2.45) is 0 Å². The number of pyridine rings is 2. The van der Waals surface area contributed by atoms with Crippen LogP contribution in [0, 0.1) is 12.7 Å². The van der Waals surface area contributed by atoms with E-state index >= 15 is 0 Å². The zero-order chi connectivity index (χ0) is 24.5. The summed E-state index contributed by atoms with van der Waals surface area (Å²) in [5, 5.41) is 0.705. The normalized spacial score (nSPS) is 11.6. The highest BCUT2D eigenvalue weighted by Crippen LogP contribution is 2.29. The van der Waals surface area contributed by atoms with E-state index in [1.165, 1.54) is 35.4 Å². The number of rotatable bonds is 5. The number of carbonyl (C=O) groups is 1. The zero-order valence-electron chi connectivity index (χ0n) is 18.1. The van der Waals surface area contributed by atoms with Gasteiger partial charge in [-0.3, -0.25) is 9.78 Å². The van der Waals surface area contributed by atoms with Crippen molar-refractivity contribution in [2.45, 2.75) is 26.2 Å². The zero-order valence-corrected chi connectivity index (χ0v) is 18.1. The number of amides is 1. The van der Waals surface area contributed by atoms with Gasteiger partial charge in [0.05, 0.1) is 23.3 Å². The summed E-state index contributed by atoms with van der Waals surface area (Å²) in [5.74, 6) is -0.621. The van der Waals surface area contributed by atoms with Gasteiger partial charge in [0.15, 0.2) is 0 Å². The third kappa shape index (κ3) is 4.98. The molecule has 2 aromatic heterocycles. The number of alkyl halides is 3. The minimum Gasteiger partial charge on any atom is -0.383 e. The number of nitrogens with two attached hydrogens (primary N) is 1. The lowest BCUT2D eigenvalue weighted by molar-refractivity contribution is -0.137. The van der Waals surface area contributed by atoms with Crippen molar-refractivity contribution in [1.29, 1.82) is 0 Å². The molecule has 0 radical (unpaired) electrons. The fourth-order valence-electron chi connectivity index (χ4n) is 3.55. The molecule has 2 heterocycles. The maximum Gasteiger partial charge on any atom is 0.416 e. The summed E-state index contributed by atoms with van der Waals surface area (Å²) in [6.45, 7) is 1.60. The van der Waals surface area contributed by atoms with E-state index in [1.807, 2.05) is 6.07 Å². The van der Waals surface area contributed by atoms with Gasteiger partial charge in [0.25, 0.3) is 5.91 Å². The summed E-state index contributed by atoms with van der Waals surface area (Å²) < 4.78 is 53.0. The van der Waals surface area contributed by atoms with Gasteiger partial charge >= 0.3 is 6.18 Å². The van der Waals surface area contributed by atoms with Gasteiger partial charge in [-0.2, -0.15) is 13.2 Å². The first-order valence-electron chi connectivity index (χ1n) is 10.3. The van der Waals surface area contributed by atoms with E-state index in [-0.39, 0.29) is 18.8 Å². The number of aryl methyl sites for hydroxylation is 1. The van der Waals surface area contributed by atoms with E-state index in [1.54, 1.807) is 25.1 Å². The molecular weight excluding hydrogens is 448 g/mol. The second kappa shape index (κ2) is 9.09. The Kier molecular flexibility index (Phi) is 6.19. The van der Waals surface area contributed by atoms with Crippen LogP contribution in [0.1, 0.15) is 32.7 Å². The van der Waals surface area contributed by atoms with Crippen LogP contribution in [0.25, 0.3) is 10.9 Å². The molecule has 2 aromatic carbocycles. The molecule has 0 unspecified atom stereocenters. The number of aromatic nitrogens is 2. The first kappa shape index (κ1) is 23.2.